The summed E-state index contributed by atoms with van der Waals surface area (Å²) in [5.41, 5.74) is 7.60. The van der Waals surface area contributed by atoms with Crippen molar-refractivity contribution in [2.75, 3.05) is 19.7 Å². The predicted molar refractivity (Wildman–Crippen MR) is 79.7 cm³/mol. The highest BCUT2D eigenvalue weighted by molar-refractivity contribution is 5.31. The molecule has 1 saturated carbocycles. The number of nitrogens with one attached hydrogen (secondary N) is 1. The van der Waals surface area contributed by atoms with E-state index >= 15 is 0 Å². The molecule has 0 saturated heterocycles. The van der Waals surface area contributed by atoms with E-state index in [-0.39, 0.29) is 11.0 Å². The van der Waals surface area contributed by atoms with E-state index < -0.39 is 0 Å². The molecule has 106 valence electrons. The lowest BCUT2D eigenvalue weighted by Crippen LogP contribution is -2.41. The quantitative estimate of drug-likeness (QED) is 0.793. The summed E-state index contributed by atoms with van der Waals surface area (Å²) in [7, 11) is 0. The van der Waals surface area contributed by atoms with Crippen LogP contribution < -0.4 is 15.8 Å². The zero-order valence-electron chi connectivity index (χ0n) is 12.3. The van der Waals surface area contributed by atoms with Gasteiger partial charge in [-0.25, -0.2) is 0 Å². The van der Waals surface area contributed by atoms with Crippen LogP contribution in [0.5, 0.6) is 5.75 Å². The molecule has 0 heterocycles. The molecule has 3 heteroatoms. The lowest BCUT2D eigenvalue weighted by Gasteiger charge is -2.27. The highest BCUT2D eigenvalue weighted by atomic mass is 16.5. The second kappa shape index (κ2) is 5.51. The normalized spacial score (nSPS) is 17.3. The van der Waals surface area contributed by atoms with Gasteiger partial charge in [-0.2, -0.15) is 0 Å². The molecule has 0 unspecified atom stereocenters. The highest BCUT2D eigenvalue weighted by Gasteiger charge is 2.37. The molecule has 3 N–H and O–H groups in total. The summed E-state index contributed by atoms with van der Waals surface area (Å²) in [4.78, 5) is 0. The Morgan fingerprint density at radius 2 is 1.89 bits per heavy atom. The molecule has 0 amide bonds. The molecule has 1 aromatic rings. The molecule has 1 fully saturated rings. The molecule has 0 aliphatic heterocycles. The number of rotatable bonds is 7. The minimum absolute atomic E-state index is 0.0783. The average Bonchev–Trinajstić information content (AvgIpc) is 3.08. The van der Waals surface area contributed by atoms with E-state index in [1.807, 2.05) is 19.1 Å². The van der Waals surface area contributed by atoms with Crippen molar-refractivity contribution >= 4 is 0 Å². The Balaban J connectivity index is 1.89. The molecular weight excluding hydrogens is 236 g/mol. The van der Waals surface area contributed by atoms with Crippen molar-refractivity contribution in [2.45, 2.75) is 44.6 Å². The Kier molecular flexibility index (Phi) is 4.16. The van der Waals surface area contributed by atoms with Crippen molar-refractivity contribution in [2.24, 2.45) is 5.73 Å². The number of ether oxygens (including phenoxy) is 1. The van der Waals surface area contributed by atoms with Crippen molar-refractivity contribution in [3.8, 4) is 5.75 Å². The van der Waals surface area contributed by atoms with Gasteiger partial charge in [-0.3, -0.25) is 0 Å². The summed E-state index contributed by atoms with van der Waals surface area (Å²) in [5.74, 6) is 0.939. The second-order valence-corrected chi connectivity index (χ2v) is 6.31. The Bertz CT molecular complexity index is 407. The van der Waals surface area contributed by atoms with E-state index in [0.29, 0.717) is 6.61 Å². The highest BCUT2D eigenvalue weighted by Crippen LogP contribution is 2.31. The fraction of sp³-hybridized carbons (Fsp3) is 0.625. The van der Waals surface area contributed by atoms with Crippen molar-refractivity contribution in [3.05, 3.63) is 29.8 Å². The van der Waals surface area contributed by atoms with Crippen molar-refractivity contribution in [1.29, 1.82) is 0 Å². The zero-order chi connectivity index (χ0) is 13.9. The minimum atomic E-state index is 0.0783. The van der Waals surface area contributed by atoms with E-state index in [9.17, 15) is 0 Å². The third-order valence-electron chi connectivity index (χ3n) is 3.88. The monoisotopic (exact) mass is 262 g/mol. The fourth-order valence-corrected chi connectivity index (χ4v) is 2.23. The molecule has 19 heavy (non-hydrogen) atoms. The van der Waals surface area contributed by atoms with Gasteiger partial charge in [-0.15, -0.1) is 0 Å². The molecule has 2 rings (SSSR count). The lowest BCUT2D eigenvalue weighted by atomic mass is 9.84. The van der Waals surface area contributed by atoms with Gasteiger partial charge in [-0.05, 0) is 37.5 Å². The second-order valence-electron chi connectivity index (χ2n) is 6.31. The van der Waals surface area contributed by atoms with Crippen LogP contribution in [-0.2, 0) is 5.41 Å². The van der Waals surface area contributed by atoms with E-state index in [1.54, 1.807) is 0 Å². The van der Waals surface area contributed by atoms with Crippen LogP contribution in [0.3, 0.4) is 0 Å². The first kappa shape index (κ1) is 14.4. The fourth-order valence-electron chi connectivity index (χ4n) is 2.23. The molecule has 0 aromatic heterocycles. The van der Waals surface area contributed by atoms with E-state index in [1.165, 1.54) is 5.56 Å². The van der Waals surface area contributed by atoms with Gasteiger partial charge in [0.05, 0.1) is 6.61 Å². The Morgan fingerprint density at radius 3 is 2.42 bits per heavy atom. The standard InChI is InChI=1S/C16H26N2O/c1-4-19-14-7-5-13(6-8-14)15(2,3)11-18-12-16(17)9-10-16/h5-8,18H,4,9-12,17H2,1-3H3. The summed E-state index contributed by atoms with van der Waals surface area (Å²) in [6.45, 7) is 9.09. The van der Waals surface area contributed by atoms with Gasteiger partial charge in [0, 0.05) is 24.0 Å². The molecule has 3 nitrogen and oxygen atoms in total. The van der Waals surface area contributed by atoms with Crippen LogP contribution in [0, 0.1) is 0 Å². The van der Waals surface area contributed by atoms with Crippen molar-refractivity contribution in [3.63, 3.8) is 0 Å². The van der Waals surface area contributed by atoms with Gasteiger partial charge < -0.3 is 15.8 Å². The van der Waals surface area contributed by atoms with Crippen LogP contribution in [0.25, 0.3) is 0 Å². The first-order valence-electron chi connectivity index (χ1n) is 7.18. The summed E-state index contributed by atoms with van der Waals surface area (Å²) in [6.07, 6.45) is 2.31. The molecule has 1 aliphatic rings. The van der Waals surface area contributed by atoms with Crippen LogP contribution in [0.4, 0.5) is 0 Å². The van der Waals surface area contributed by atoms with Crippen molar-refractivity contribution in [1.82, 2.24) is 5.32 Å². The van der Waals surface area contributed by atoms with Gasteiger partial charge >= 0.3 is 0 Å². The minimum Gasteiger partial charge on any atom is -0.494 e. The average molecular weight is 262 g/mol. The smallest absolute Gasteiger partial charge is 0.119 e. The van der Waals surface area contributed by atoms with Gasteiger partial charge in [0.15, 0.2) is 0 Å². The van der Waals surface area contributed by atoms with E-state index in [0.717, 1.165) is 31.7 Å². The number of hydrogen-bond acceptors (Lipinski definition) is 3. The third kappa shape index (κ3) is 3.95. The summed E-state index contributed by atoms with van der Waals surface area (Å²) in [5, 5.41) is 3.51. The summed E-state index contributed by atoms with van der Waals surface area (Å²) in [6, 6.07) is 8.40. The Morgan fingerprint density at radius 1 is 1.26 bits per heavy atom. The van der Waals surface area contributed by atoms with Gasteiger partial charge in [0.1, 0.15) is 5.75 Å². The summed E-state index contributed by atoms with van der Waals surface area (Å²) >= 11 is 0. The SMILES string of the molecule is CCOc1ccc(C(C)(C)CNCC2(N)CC2)cc1. The predicted octanol–water partition coefficient (Wildman–Crippen LogP) is 2.44. The van der Waals surface area contributed by atoms with Crippen LogP contribution in [0.15, 0.2) is 24.3 Å². The lowest BCUT2D eigenvalue weighted by molar-refractivity contribution is 0.340. The topological polar surface area (TPSA) is 47.3 Å². The maximum Gasteiger partial charge on any atom is 0.119 e. The first-order valence-corrected chi connectivity index (χ1v) is 7.18. The maximum atomic E-state index is 6.09. The molecule has 1 aromatic carbocycles. The molecular formula is C16H26N2O. The van der Waals surface area contributed by atoms with Crippen LogP contribution >= 0.6 is 0 Å². The molecule has 0 atom stereocenters. The number of hydrogen-bond donors (Lipinski definition) is 2. The molecule has 1 aliphatic carbocycles. The molecule has 0 bridgehead atoms. The summed E-state index contributed by atoms with van der Waals surface area (Å²) < 4.78 is 5.48. The number of nitrogens with two attached hydrogens (primary N) is 1. The van der Waals surface area contributed by atoms with Crippen molar-refractivity contribution < 1.29 is 4.74 Å². The molecule has 0 spiro atoms. The van der Waals surface area contributed by atoms with Gasteiger partial charge in [-0.1, -0.05) is 26.0 Å². The number of benzene rings is 1. The Hall–Kier alpha value is -1.06. The third-order valence-corrected chi connectivity index (χ3v) is 3.88. The van der Waals surface area contributed by atoms with Crippen LogP contribution in [0.1, 0.15) is 39.2 Å². The van der Waals surface area contributed by atoms with Gasteiger partial charge in [0.25, 0.3) is 0 Å². The van der Waals surface area contributed by atoms with Crippen LogP contribution in [-0.4, -0.2) is 25.2 Å². The largest absolute Gasteiger partial charge is 0.494 e. The zero-order valence-corrected chi connectivity index (χ0v) is 12.3. The first-order chi connectivity index (χ1) is 8.95. The van der Waals surface area contributed by atoms with Crippen LogP contribution in [0.2, 0.25) is 0 Å². The van der Waals surface area contributed by atoms with E-state index in [4.69, 9.17) is 10.5 Å². The molecule has 0 radical (unpaired) electrons. The Labute approximate surface area is 116 Å². The van der Waals surface area contributed by atoms with E-state index in [2.05, 4.69) is 31.3 Å². The van der Waals surface area contributed by atoms with Gasteiger partial charge in [0.2, 0.25) is 0 Å². The maximum absolute atomic E-state index is 6.09.